The normalized spacial score (nSPS) is 11.4. The number of halogens is 3. The molecule has 2 aromatic carbocycles. The summed E-state index contributed by atoms with van der Waals surface area (Å²) < 4.78 is 5.41. The fourth-order valence-corrected chi connectivity index (χ4v) is 3.44. The van der Waals surface area contributed by atoms with E-state index in [0.29, 0.717) is 6.61 Å². The molecule has 0 atom stereocenters. The van der Waals surface area contributed by atoms with Crippen LogP contribution in [0.5, 0.6) is 5.75 Å². The van der Waals surface area contributed by atoms with Gasteiger partial charge in [-0.2, -0.15) is 0 Å². The highest BCUT2D eigenvalue weighted by atomic mass is 35.8. The molecule has 0 aliphatic heterocycles. The van der Waals surface area contributed by atoms with E-state index in [4.69, 9.17) is 38.0 Å². The Morgan fingerprint density at radius 2 is 1.32 bits per heavy atom. The average Bonchev–Trinajstić information content (AvgIpc) is 2.39. The third kappa shape index (κ3) is 3.89. The molecule has 100 valence electrons. The van der Waals surface area contributed by atoms with Crippen LogP contribution in [-0.2, 0) is 0 Å². The van der Waals surface area contributed by atoms with Crippen molar-refractivity contribution in [1.82, 2.24) is 0 Å². The summed E-state index contributed by atoms with van der Waals surface area (Å²) in [5.74, 6) is 0.872. The molecule has 5 heteroatoms. The standard InChI is InChI=1S/C14H13Cl3OSi/c1-2-18-13-7-3-11(4-8-13)12-5-9-14(10-6-12)19(15,16)17/h3-10H,2H2,1H3. The zero-order valence-corrected chi connectivity index (χ0v) is 13.6. The van der Waals surface area contributed by atoms with Crippen LogP contribution in [0.1, 0.15) is 6.92 Å². The Morgan fingerprint density at radius 1 is 0.842 bits per heavy atom. The monoisotopic (exact) mass is 330 g/mol. The van der Waals surface area contributed by atoms with Gasteiger partial charge in [-0.05, 0) is 35.4 Å². The molecule has 0 aliphatic carbocycles. The third-order valence-electron chi connectivity index (χ3n) is 2.71. The van der Waals surface area contributed by atoms with Crippen LogP contribution in [0.4, 0.5) is 0 Å². The van der Waals surface area contributed by atoms with Crippen LogP contribution in [0.3, 0.4) is 0 Å². The molecule has 0 heterocycles. The van der Waals surface area contributed by atoms with Crippen LogP contribution in [0.15, 0.2) is 48.5 Å². The number of rotatable bonds is 4. The van der Waals surface area contributed by atoms with Crippen molar-refractivity contribution in [3.05, 3.63) is 48.5 Å². The van der Waals surface area contributed by atoms with Crippen LogP contribution in [-0.4, -0.2) is 12.6 Å². The highest BCUT2D eigenvalue weighted by Gasteiger charge is 2.27. The summed E-state index contributed by atoms with van der Waals surface area (Å²) in [6.07, 6.45) is 0. The molecule has 1 nitrogen and oxygen atoms in total. The van der Waals surface area contributed by atoms with Gasteiger partial charge >= 0.3 is 6.00 Å². The minimum Gasteiger partial charge on any atom is -0.494 e. The smallest absolute Gasteiger partial charge is 0.372 e. The molecule has 2 aromatic rings. The molecule has 2 rings (SSSR count). The van der Waals surface area contributed by atoms with Crippen molar-refractivity contribution < 1.29 is 4.74 Å². The summed E-state index contributed by atoms with van der Waals surface area (Å²) in [6, 6.07) is 12.9. The number of ether oxygens (including phenoxy) is 1. The van der Waals surface area contributed by atoms with E-state index in [9.17, 15) is 0 Å². The first kappa shape index (κ1) is 14.7. The van der Waals surface area contributed by atoms with Gasteiger partial charge in [-0.1, -0.05) is 36.4 Å². The highest BCUT2D eigenvalue weighted by Crippen LogP contribution is 2.24. The van der Waals surface area contributed by atoms with Gasteiger partial charge in [-0.3, -0.25) is 0 Å². The van der Waals surface area contributed by atoms with E-state index in [1.54, 1.807) is 0 Å². The minimum absolute atomic E-state index is 0.669. The molecular formula is C14H13Cl3OSi. The van der Waals surface area contributed by atoms with Gasteiger partial charge in [0, 0.05) is 0 Å². The lowest BCUT2D eigenvalue weighted by Gasteiger charge is -2.09. The van der Waals surface area contributed by atoms with E-state index >= 15 is 0 Å². The Kier molecular flexibility index (Phi) is 4.80. The van der Waals surface area contributed by atoms with E-state index in [-0.39, 0.29) is 0 Å². The van der Waals surface area contributed by atoms with Gasteiger partial charge in [0.2, 0.25) is 0 Å². The van der Waals surface area contributed by atoms with E-state index < -0.39 is 6.00 Å². The summed E-state index contributed by atoms with van der Waals surface area (Å²) in [7, 11) is 0. The van der Waals surface area contributed by atoms with Crippen molar-refractivity contribution in [1.29, 1.82) is 0 Å². The van der Waals surface area contributed by atoms with Crippen LogP contribution >= 0.6 is 33.2 Å². The SMILES string of the molecule is CCOc1ccc(-c2ccc([Si](Cl)(Cl)Cl)cc2)cc1. The summed E-state index contributed by atoms with van der Waals surface area (Å²) in [5.41, 5.74) is 2.20. The third-order valence-corrected chi connectivity index (χ3v) is 5.66. The highest BCUT2D eigenvalue weighted by molar-refractivity contribution is 7.69. The van der Waals surface area contributed by atoms with Gasteiger partial charge in [-0.15, -0.1) is 33.2 Å². The van der Waals surface area contributed by atoms with Crippen molar-refractivity contribution in [2.45, 2.75) is 6.92 Å². The van der Waals surface area contributed by atoms with E-state index in [0.717, 1.165) is 22.1 Å². The topological polar surface area (TPSA) is 9.23 Å². The average molecular weight is 332 g/mol. The van der Waals surface area contributed by atoms with Crippen LogP contribution in [0.25, 0.3) is 11.1 Å². The Bertz CT molecular complexity index is 532. The van der Waals surface area contributed by atoms with Crippen LogP contribution in [0.2, 0.25) is 0 Å². The summed E-state index contributed by atoms with van der Waals surface area (Å²) >= 11 is 17.9. The molecule has 0 aliphatic rings. The molecule has 0 bridgehead atoms. The first-order valence-corrected chi connectivity index (χ1v) is 10.9. The number of benzene rings is 2. The molecule has 0 saturated heterocycles. The quantitative estimate of drug-likeness (QED) is 0.587. The molecule has 0 spiro atoms. The summed E-state index contributed by atoms with van der Waals surface area (Å²) in [5, 5.41) is 0.798. The lowest BCUT2D eigenvalue weighted by atomic mass is 10.1. The molecule has 0 radical (unpaired) electrons. The second kappa shape index (κ2) is 6.19. The van der Waals surface area contributed by atoms with E-state index in [1.807, 2.05) is 55.5 Å². The summed E-state index contributed by atoms with van der Waals surface area (Å²) in [6.45, 7) is 2.63. The molecule has 0 saturated carbocycles. The van der Waals surface area contributed by atoms with E-state index in [1.165, 1.54) is 0 Å². The maximum Gasteiger partial charge on any atom is 0.372 e. The maximum absolute atomic E-state index is 5.97. The van der Waals surface area contributed by atoms with Gasteiger partial charge in [-0.25, -0.2) is 0 Å². The zero-order chi connectivity index (χ0) is 13.9. The molecular weight excluding hydrogens is 319 g/mol. The number of hydrogen-bond acceptors (Lipinski definition) is 1. The molecule has 0 fully saturated rings. The Hall–Kier alpha value is -0.673. The maximum atomic E-state index is 5.97. The van der Waals surface area contributed by atoms with Crippen molar-refractivity contribution in [2.24, 2.45) is 0 Å². The van der Waals surface area contributed by atoms with Gasteiger partial charge in [0.15, 0.2) is 0 Å². The Labute approximate surface area is 128 Å². The Balaban J connectivity index is 2.22. The van der Waals surface area contributed by atoms with Crippen LogP contribution < -0.4 is 9.92 Å². The van der Waals surface area contributed by atoms with Crippen molar-refractivity contribution in [2.75, 3.05) is 6.61 Å². The first-order valence-electron chi connectivity index (χ1n) is 5.91. The molecule has 0 aromatic heterocycles. The first-order chi connectivity index (χ1) is 9.00. The molecule has 19 heavy (non-hydrogen) atoms. The lowest BCUT2D eigenvalue weighted by molar-refractivity contribution is 0.340. The lowest BCUT2D eigenvalue weighted by Crippen LogP contribution is -2.29. The molecule has 0 unspecified atom stereocenters. The van der Waals surface area contributed by atoms with Crippen molar-refractivity contribution in [3.8, 4) is 16.9 Å². The van der Waals surface area contributed by atoms with Crippen molar-refractivity contribution in [3.63, 3.8) is 0 Å². The predicted octanol–water partition coefficient (Wildman–Crippen LogP) is 4.61. The fourth-order valence-electron chi connectivity index (χ4n) is 1.76. The van der Waals surface area contributed by atoms with Gasteiger partial charge in [0.1, 0.15) is 5.75 Å². The zero-order valence-electron chi connectivity index (χ0n) is 10.4. The van der Waals surface area contributed by atoms with Gasteiger partial charge in [0.25, 0.3) is 0 Å². The summed E-state index contributed by atoms with van der Waals surface area (Å²) in [4.78, 5) is 0. The second-order valence-electron chi connectivity index (χ2n) is 4.03. The Morgan fingerprint density at radius 3 is 1.74 bits per heavy atom. The minimum atomic E-state index is -2.78. The predicted molar refractivity (Wildman–Crippen MR) is 86.0 cm³/mol. The van der Waals surface area contributed by atoms with Crippen molar-refractivity contribution >= 4 is 44.4 Å². The van der Waals surface area contributed by atoms with Gasteiger partial charge < -0.3 is 4.74 Å². The fraction of sp³-hybridized carbons (Fsp3) is 0.143. The molecule has 0 N–H and O–H groups in total. The van der Waals surface area contributed by atoms with Crippen LogP contribution in [0, 0.1) is 0 Å². The number of hydrogen-bond donors (Lipinski definition) is 0. The molecule has 0 amide bonds. The second-order valence-corrected chi connectivity index (χ2v) is 12.4. The van der Waals surface area contributed by atoms with E-state index in [2.05, 4.69) is 0 Å². The van der Waals surface area contributed by atoms with Gasteiger partial charge in [0.05, 0.1) is 6.61 Å². The largest absolute Gasteiger partial charge is 0.494 e.